The molecule has 3 saturated carbocycles. The first-order chi connectivity index (χ1) is 18.6. The standard InChI is InChI=1S/C29H52ClN5O3Si/c1-18-33-34-29-25(16-27(36)31-17-19-6-5-7-23(14-19)39(3,4)37)32-28(20-8-10-21(30)11-9-20)24-15-22(38-2)12-13-26(24)35(18)29/h18-26,29,33-34,37H,5-17H2,1-4H3,(H,31,36)/t18?,19?,20?,21?,22?,23?,24?,25-,26?,29?/m0/s1. The second kappa shape index (κ2) is 12.8. The summed E-state index contributed by atoms with van der Waals surface area (Å²) < 4.78 is 5.88. The van der Waals surface area contributed by atoms with Crippen molar-refractivity contribution < 1.29 is 14.3 Å². The quantitative estimate of drug-likeness (QED) is 0.266. The fourth-order valence-corrected chi connectivity index (χ4v) is 10.4. The Morgan fingerprint density at radius 2 is 1.90 bits per heavy atom. The summed E-state index contributed by atoms with van der Waals surface area (Å²) in [7, 11) is -0.297. The van der Waals surface area contributed by atoms with Crippen molar-refractivity contribution in [2.45, 2.75) is 139 Å². The van der Waals surface area contributed by atoms with Gasteiger partial charge in [-0.15, -0.1) is 11.6 Å². The van der Waals surface area contributed by atoms with E-state index >= 15 is 0 Å². The molecule has 8 nitrogen and oxygen atoms in total. The topological polar surface area (TPSA) is 98.2 Å². The number of hydrogen-bond acceptors (Lipinski definition) is 7. The van der Waals surface area contributed by atoms with Crippen LogP contribution in [0.25, 0.3) is 0 Å². The first-order valence-corrected chi connectivity index (χ1v) is 19.1. The van der Waals surface area contributed by atoms with Crippen molar-refractivity contribution >= 4 is 31.5 Å². The zero-order valence-electron chi connectivity index (χ0n) is 24.5. The maximum absolute atomic E-state index is 13.4. The van der Waals surface area contributed by atoms with Crippen LogP contribution in [0.1, 0.15) is 84.0 Å². The lowest BCUT2D eigenvalue weighted by Crippen LogP contribution is -2.55. The van der Waals surface area contributed by atoms with E-state index in [-0.39, 0.29) is 35.8 Å². The second-order valence-electron chi connectivity index (χ2n) is 13.7. The third-order valence-corrected chi connectivity index (χ3v) is 13.5. The van der Waals surface area contributed by atoms with Crippen LogP contribution in [0.5, 0.6) is 0 Å². The van der Waals surface area contributed by atoms with Crippen molar-refractivity contribution in [1.82, 2.24) is 21.1 Å². The molecule has 0 aromatic heterocycles. The van der Waals surface area contributed by atoms with Crippen LogP contribution < -0.4 is 16.2 Å². The molecule has 2 aliphatic heterocycles. The molecular formula is C29H52ClN5O3Si. The average Bonchev–Trinajstić information content (AvgIpc) is 3.24. The van der Waals surface area contributed by atoms with E-state index in [9.17, 15) is 9.59 Å². The zero-order valence-corrected chi connectivity index (χ0v) is 26.3. The van der Waals surface area contributed by atoms with Crippen LogP contribution in [0.15, 0.2) is 4.99 Å². The fourth-order valence-electron chi connectivity index (χ4n) is 8.30. The van der Waals surface area contributed by atoms with Crippen LogP contribution in [0.4, 0.5) is 0 Å². The predicted molar refractivity (Wildman–Crippen MR) is 159 cm³/mol. The largest absolute Gasteiger partial charge is 0.432 e. The molecule has 7 unspecified atom stereocenters. The lowest BCUT2D eigenvalue weighted by molar-refractivity contribution is -0.122. The van der Waals surface area contributed by atoms with Crippen molar-refractivity contribution in [3.63, 3.8) is 0 Å². The number of hydrogen-bond donors (Lipinski definition) is 4. The van der Waals surface area contributed by atoms with Gasteiger partial charge in [-0.1, -0.05) is 12.8 Å². The van der Waals surface area contributed by atoms with Gasteiger partial charge in [0.05, 0.1) is 30.9 Å². The molecule has 5 rings (SSSR count). The van der Waals surface area contributed by atoms with E-state index in [0.29, 0.717) is 42.3 Å². The SMILES string of the molecule is COC1CCC2C(C1)C(C1CCC(Cl)CC1)=N[C@@H](CC(=O)NCC1CCCC([Si](C)(C)O)C1)C1NNC(C)N21. The molecule has 8 atom stereocenters. The van der Waals surface area contributed by atoms with E-state index in [2.05, 4.69) is 41.1 Å². The summed E-state index contributed by atoms with van der Waals surface area (Å²) in [6.07, 6.45) is 12.7. The first-order valence-electron chi connectivity index (χ1n) is 15.7. The smallest absolute Gasteiger partial charge is 0.222 e. The Morgan fingerprint density at radius 3 is 2.62 bits per heavy atom. The summed E-state index contributed by atoms with van der Waals surface area (Å²) in [6.45, 7) is 7.04. The van der Waals surface area contributed by atoms with E-state index in [0.717, 1.165) is 70.6 Å². The number of carbonyl (C=O) groups excluding carboxylic acids is 1. The summed E-state index contributed by atoms with van der Waals surface area (Å²) in [4.78, 5) is 32.2. The Balaban J connectivity index is 1.33. The van der Waals surface area contributed by atoms with Gasteiger partial charge < -0.3 is 14.8 Å². The van der Waals surface area contributed by atoms with Crippen LogP contribution in [-0.2, 0) is 9.53 Å². The minimum absolute atomic E-state index is 0.000500. The molecule has 39 heavy (non-hydrogen) atoms. The number of carbonyl (C=O) groups is 1. The van der Waals surface area contributed by atoms with Gasteiger partial charge in [0.2, 0.25) is 5.91 Å². The molecule has 222 valence electrons. The molecule has 5 aliphatic rings. The Hall–Kier alpha value is -0.553. The maximum atomic E-state index is 13.4. The van der Waals surface area contributed by atoms with Crippen molar-refractivity contribution in [1.29, 1.82) is 0 Å². The van der Waals surface area contributed by atoms with Gasteiger partial charge in [0.1, 0.15) is 0 Å². The minimum atomic E-state index is -2.14. The average molecular weight is 582 g/mol. The number of alkyl halides is 1. The number of fused-ring (bicyclic) bond motifs is 3. The van der Waals surface area contributed by atoms with E-state index in [4.69, 9.17) is 21.3 Å². The summed E-state index contributed by atoms with van der Waals surface area (Å²) in [5.74, 6) is 1.35. The molecule has 0 radical (unpaired) electrons. The molecule has 0 aromatic carbocycles. The zero-order chi connectivity index (χ0) is 27.7. The summed E-state index contributed by atoms with van der Waals surface area (Å²) in [5, 5.41) is 3.56. The van der Waals surface area contributed by atoms with Gasteiger partial charge in [-0.3, -0.25) is 14.7 Å². The third-order valence-electron chi connectivity index (χ3n) is 10.6. The van der Waals surface area contributed by atoms with E-state index in [1.807, 2.05) is 7.11 Å². The highest BCUT2D eigenvalue weighted by Crippen LogP contribution is 2.42. The number of nitrogens with zero attached hydrogens (tertiary/aromatic N) is 2. The van der Waals surface area contributed by atoms with E-state index in [1.165, 1.54) is 5.71 Å². The number of amides is 1. The molecule has 0 aromatic rings. The maximum Gasteiger partial charge on any atom is 0.222 e. The van der Waals surface area contributed by atoms with Crippen molar-refractivity contribution in [3.8, 4) is 0 Å². The first kappa shape index (κ1) is 29.9. The fraction of sp³-hybridized carbons (Fsp3) is 0.931. The molecule has 4 fully saturated rings. The van der Waals surface area contributed by atoms with Crippen molar-refractivity contribution in [2.75, 3.05) is 13.7 Å². The number of nitrogens with one attached hydrogen (secondary N) is 3. The van der Waals surface area contributed by atoms with Gasteiger partial charge in [-0.2, -0.15) is 0 Å². The van der Waals surface area contributed by atoms with Crippen LogP contribution >= 0.6 is 11.6 Å². The second-order valence-corrected chi connectivity index (χ2v) is 18.4. The van der Waals surface area contributed by atoms with Gasteiger partial charge in [0.15, 0.2) is 8.32 Å². The van der Waals surface area contributed by atoms with Crippen LogP contribution in [0.2, 0.25) is 18.6 Å². The van der Waals surface area contributed by atoms with Gasteiger partial charge in [0.25, 0.3) is 0 Å². The molecule has 10 heteroatoms. The Morgan fingerprint density at radius 1 is 1.13 bits per heavy atom. The number of halogens is 1. The Kier molecular flexibility index (Phi) is 9.79. The summed E-state index contributed by atoms with van der Waals surface area (Å²) in [6, 6.07) is 0.255. The Labute approximate surface area is 241 Å². The number of aliphatic imine (C=N–C) groups is 1. The molecule has 4 N–H and O–H groups in total. The van der Waals surface area contributed by atoms with E-state index < -0.39 is 8.32 Å². The molecule has 1 amide bonds. The number of rotatable bonds is 7. The van der Waals surface area contributed by atoms with Crippen molar-refractivity contribution in [3.05, 3.63) is 0 Å². The normalized spacial score (nSPS) is 41.7. The highest BCUT2D eigenvalue weighted by atomic mass is 35.5. The third kappa shape index (κ3) is 6.92. The summed E-state index contributed by atoms with van der Waals surface area (Å²) >= 11 is 6.51. The molecular weight excluding hydrogens is 530 g/mol. The molecule has 2 heterocycles. The predicted octanol–water partition coefficient (Wildman–Crippen LogP) is 4.14. The molecule has 3 aliphatic carbocycles. The van der Waals surface area contributed by atoms with Crippen molar-refractivity contribution in [2.24, 2.45) is 22.7 Å². The highest BCUT2D eigenvalue weighted by molar-refractivity contribution is 6.71. The number of hydrazine groups is 1. The minimum Gasteiger partial charge on any atom is -0.432 e. The van der Waals surface area contributed by atoms with Crippen LogP contribution in [0, 0.1) is 17.8 Å². The summed E-state index contributed by atoms with van der Waals surface area (Å²) in [5.41, 5.74) is 8.76. The molecule has 0 spiro atoms. The lowest BCUT2D eigenvalue weighted by Gasteiger charge is -2.44. The monoisotopic (exact) mass is 581 g/mol. The highest BCUT2D eigenvalue weighted by Gasteiger charge is 2.50. The van der Waals surface area contributed by atoms with Gasteiger partial charge in [-0.05, 0) is 95.2 Å². The van der Waals surface area contributed by atoms with Crippen LogP contribution in [-0.4, -0.2) is 79.2 Å². The molecule has 1 saturated heterocycles. The lowest BCUT2D eigenvalue weighted by atomic mass is 9.72. The van der Waals surface area contributed by atoms with Crippen LogP contribution in [0.3, 0.4) is 0 Å². The number of ether oxygens (including phenoxy) is 1. The van der Waals surface area contributed by atoms with Gasteiger partial charge >= 0.3 is 0 Å². The number of methoxy groups -OCH3 is 1. The van der Waals surface area contributed by atoms with Gasteiger partial charge in [-0.25, -0.2) is 10.9 Å². The molecule has 0 bridgehead atoms. The Bertz CT molecular complexity index is 879. The van der Waals surface area contributed by atoms with E-state index in [1.54, 1.807) is 0 Å². The van der Waals surface area contributed by atoms with Gasteiger partial charge in [0, 0.05) is 36.7 Å².